The van der Waals surface area contributed by atoms with Gasteiger partial charge in [-0.2, -0.15) is 0 Å². The number of hydrogen-bond donors (Lipinski definition) is 1. The van der Waals surface area contributed by atoms with Crippen LogP contribution in [-0.2, 0) is 6.42 Å². The maximum Gasteiger partial charge on any atom is 0.115 e. The lowest BCUT2D eigenvalue weighted by atomic mass is 10.1. The van der Waals surface area contributed by atoms with Crippen molar-refractivity contribution in [3.05, 3.63) is 29.8 Å². The van der Waals surface area contributed by atoms with Crippen LogP contribution in [0.2, 0.25) is 0 Å². The maximum atomic E-state index is 5.56. The van der Waals surface area contributed by atoms with Crippen molar-refractivity contribution >= 4 is 23.1 Å². The van der Waals surface area contributed by atoms with Crippen LogP contribution < -0.4 is 5.73 Å². The molecular formula is C12H18ClN3. The van der Waals surface area contributed by atoms with E-state index in [0.29, 0.717) is 5.84 Å². The summed E-state index contributed by atoms with van der Waals surface area (Å²) in [7, 11) is 4.14. The topological polar surface area (TPSA) is 41.6 Å². The summed E-state index contributed by atoms with van der Waals surface area (Å²) in [4.78, 5) is 6.33. The third-order valence-corrected chi connectivity index (χ3v) is 2.47. The molecule has 0 aromatic heterocycles. The number of nitrogens with zero attached hydrogens (tertiary/aromatic N) is 2. The standard InChI is InChI=1S/C12H18ClN3/c1-16(2)8-7-10-3-5-11(6-4-10)15-12(14)9-13/h3-6H,7-9H2,1-2H3,(H2,14,15). The second kappa shape index (κ2) is 6.51. The van der Waals surface area contributed by atoms with Gasteiger partial charge in [-0.1, -0.05) is 12.1 Å². The van der Waals surface area contributed by atoms with Crippen LogP contribution >= 0.6 is 11.6 Å². The van der Waals surface area contributed by atoms with E-state index < -0.39 is 0 Å². The molecule has 0 atom stereocenters. The summed E-state index contributed by atoms with van der Waals surface area (Å²) < 4.78 is 0. The molecule has 0 heterocycles. The highest BCUT2D eigenvalue weighted by Crippen LogP contribution is 2.13. The number of aliphatic imine (C=N–C) groups is 1. The Hall–Kier alpha value is -1.06. The van der Waals surface area contributed by atoms with Gasteiger partial charge in [-0.05, 0) is 38.2 Å². The Labute approximate surface area is 102 Å². The quantitative estimate of drug-likeness (QED) is 0.485. The van der Waals surface area contributed by atoms with Crippen LogP contribution in [0.15, 0.2) is 29.3 Å². The molecule has 0 spiro atoms. The van der Waals surface area contributed by atoms with Crippen LogP contribution in [0, 0.1) is 0 Å². The van der Waals surface area contributed by atoms with Gasteiger partial charge in [-0.3, -0.25) is 0 Å². The molecule has 3 nitrogen and oxygen atoms in total. The van der Waals surface area contributed by atoms with Gasteiger partial charge in [-0.15, -0.1) is 11.6 Å². The van der Waals surface area contributed by atoms with Crippen molar-refractivity contribution < 1.29 is 0 Å². The highest BCUT2D eigenvalue weighted by molar-refractivity contribution is 6.28. The van der Waals surface area contributed by atoms with Gasteiger partial charge in [0.15, 0.2) is 0 Å². The number of halogens is 1. The number of hydrogen-bond acceptors (Lipinski definition) is 2. The average molecular weight is 240 g/mol. The molecule has 0 aliphatic carbocycles. The molecule has 16 heavy (non-hydrogen) atoms. The average Bonchev–Trinajstić information content (AvgIpc) is 2.28. The number of likely N-dealkylation sites (N-methyl/N-ethyl adjacent to an activating group) is 1. The zero-order chi connectivity index (χ0) is 12.0. The molecule has 0 saturated heterocycles. The van der Waals surface area contributed by atoms with E-state index in [1.54, 1.807) is 0 Å². The van der Waals surface area contributed by atoms with Crippen molar-refractivity contribution in [2.75, 3.05) is 26.5 Å². The van der Waals surface area contributed by atoms with Crippen LogP contribution in [0.5, 0.6) is 0 Å². The predicted molar refractivity (Wildman–Crippen MR) is 70.7 cm³/mol. The third kappa shape index (κ3) is 4.64. The van der Waals surface area contributed by atoms with Gasteiger partial charge in [0.2, 0.25) is 0 Å². The monoisotopic (exact) mass is 239 g/mol. The summed E-state index contributed by atoms with van der Waals surface area (Å²) in [5, 5.41) is 0. The summed E-state index contributed by atoms with van der Waals surface area (Å²) in [6.07, 6.45) is 1.04. The van der Waals surface area contributed by atoms with E-state index in [1.165, 1.54) is 5.56 Å². The van der Waals surface area contributed by atoms with Crippen molar-refractivity contribution in [3.8, 4) is 0 Å². The molecule has 0 fully saturated rings. The predicted octanol–water partition coefficient (Wildman–Crippen LogP) is 2.02. The summed E-state index contributed by atoms with van der Waals surface area (Å²) in [5.74, 6) is 0.713. The molecule has 1 rings (SSSR count). The highest BCUT2D eigenvalue weighted by Gasteiger charge is 1.96. The molecule has 0 saturated carbocycles. The Morgan fingerprint density at radius 2 is 1.94 bits per heavy atom. The van der Waals surface area contributed by atoms with E-state index in [0.717, 1.165) is 18.7 Å². The summed E-state index contributed by atoms with van der Waals surface area (Å²) in [6.45, 7) is 1.05. The third-order valence-electron chi connectivity index (χ3n) is 2.19. The lowest BCUT2D eigenvalue weighted by Gasteiger charge is -2.09. The molecule has 0 bridgehead atoms. The molecule has 0 radical (unpaired) electrons. The highest BCUT2D eigenvalue weighted by atomic mass is 35.5. The van der Waals surface area contributed by atoms with Gasteiger partial charge in [0.1, 0.15) is 5.84 Å². The molecule has 0 unspecified atom stereocenters. The number of benzene rings is 1. The van der Waals surface area contributed by atoms with Crippen LogP contribution in [-0.4, -0.2) is 37.3 Å². The van der Waals surface area contributed by atoms with Gasteiger partial charge in [0.25, 0.3) is 0 Å². The fraction of sp³-hybridized carbons (Fsp3) is 0.417. The lowest BCUT2D eigenvalue weighted by molar-refractivity contribution is 0.413. The first-order valence-electron chi connectivity index (χ1n) is 5.24. The van der Waals surface area contributed by atoms with Crippen LogP contribution in [0.4, 0.5) is 5.69 Å². The Morgan fingerprint density at radius 3 is 2.44 bits per heavy atom. The molecule has 1 aromatic rings. The molecule has 4 heteroatoms. The minimum absolute atomic E-state index is 0.266. The first kappa shape index (κ1) is 13.0. The van der Waals surface area contributed by atoms with E-state index in [-0.39, 0.29) is 5.88 Å². The van der Waals surface area contributed by atoms with Gasteiger partial charge >= 0.3 is 0 Å². The number of alkyl halides is 1. The molecule has 0 amide bonds. The number of nitrogens with two attached hydrogens (primary N) is 1. The largest absolute Gasteiger partial charge is 0.386 e. The molecule has 0 aliphatic rings. The zero-order valence-corrected chi connectivity index (χ0v) is 10.5. The normalized spacial score (nSPS) is 12.1. The SMILES string of the molecule is CN(C)CCc1ccc(N=C(N)CCl)cc1. The number of amidine groups is 1. The first-order valence-corrected chi connectivity index (χ1v) is 5.78. The van der Waals surface area contributed by atoms with Crippen LogP contribution in [0.1, 0.15) is 5.56 Å². The first-order chi connectivity index (χ1) is 7.61. The van der Waals surface area contributed by atoms with Gasteiger partial charge < -0.3 is 10.6 Å². The van der Waals surface area contributed by atoms with Gasteiger partial charge in [0, 0.05) is 6.54 Å². The van der Waals surface area contributed by atoms with E-state index in [1.807, 2.05) is 12.1 Å². The maximum absolute atomic E-state index is 5.56. The Bertz CT molecular complexity index is 344. The minimum atomic E-state index is 0.266. The van der Waals surface area contributed by atoms with E-state index in [9.17, 15) is 0 Å². The molecule has 2 N–H and O–H groups in total. The molecular weight excluding hydrogens is 222 g/mol. The van der Waals surface area contributed by atoms with Crippen LogP contribution in [0.3, 0.4) is 0 Å². The van der Waals surface area contributed by atoms with E-state index in [2.05, 4.69) is 36.1 Å². The zero-order valence-electron chi connectivity index (χ0n) is 9.78. The molecule has 88 valence electrons. The van der Waals surface area contributed by atoms with Crippen molar-refractivity contribution in [3.63, 3.8) is 0 Å². The van der Waals surface area contributed by atoms with Crippen LogP contribution in [0.25, 0.3) is 0 Å². The summed E-state index contributed by atoms with van der Waals surface area (Å²) in [6, 6.07) is 8.07. The fourth-order valence-electron chi connectivity index (χ4n) is 1.29. The van der Waals surface area contributed by atoms with Crippen molar-refractivity contribution in [1.29, 1.82) is 0 Å². The second-order valence-corrected chi connectivity index (χ2v) is 4.22. The van der Waals surface area contributed by atoms with Gasteiger partial charge in [-0.25, -0.2) is 4.99 Å². The summed E-state index contributed by atoms with van der Waals surface area (Å²) >= 11 is 5.56. The van der Waals surface area contributed by atoms with Crippen molar-refractivity contribution in [2.45, 2.75) is 6.42 Å². The van der Waals surface area contributed by atoms with Crippen molar-refractivity contribution in [2.24, 2.45) is 10.7 Å². The second-order valence-electron chi connectivity index (χ2n) is 3.96. The molecule has 1 aromatic carbocycles. The Kier molecular flexibility index (Phi) is 5.29. The minimum Gasteiger partial charge on any atom is -0.386 e. The van der Waals surface area contributed by atoms with Crippen molar-refractivity contribution in [1.82, 2.24) is 4.90 Å². The van der Waals surface area contributed by atoms with E-state index >= 15 is 0 Å². The fourth-order valence-corrected chi connectivity index (χ4v) is 1.35. The lowest BCUT2D eigenvalue weighted by Crippen LogP contribution is -2.14. The smallest absolute Gasteiger partial charge is 0.115 e. The Balaban J connectivity index is 2.61. The van der Waals surface area contributed by atoms with Gasteiger partial charge in [0.05, 0.1) is 11.6 Å². The summed E-state index contributed by atoms with van der Waals surface area (Å²) in [5.41, 5.74) is 7.71. The Morgan fingerprint density at radius 1 is 1.31 bits per heavy atom. The number of rotatable bonds is 5. The van der Waals surface area contributed by atoms with E-state index in [4.69, 9.17) is 17.3 Å². The molecule has 0 aliphatic heterocycles.